The Kier molecular flexibility index (Phi) is 5.22. The second-order valence-corrected chi connectivity index (χ2v) is 4.92. The Morgan fingerprint density at radius 1 is 1.24 bits per heavy atom. The fraction of sp³-hybridized carbons (Fsp3) is 0.692. The normalized spacial score (nSPS) is 16.8. The van der Waals surface area contributed by atoms with E-state index in [-0.39, 0.29) is 17.7 Å². The Labute approximate surface area is 121 Å². The van der Waals surface area contributed by atoms with Gasteiger partial charge in [-0.15, -0.1) is 0 Å². The highest BCUT2D eigenvalue weighted by molar-refractivity contribution is 5.48. The first-order valence-electron chi connectivity index (χ1n) is 7.03. The van der Waals surface area contributed by atoms with Crippen molar-refractivity contribution >= 4 is 11.6 Å². The molecule has 118 valence electrons. The van der Waals surface area contributed by atoms with E-state index in [2.05, 4.69) is 20.6 Å². The number of nitrogens with one attached hydrogen (secondary N) is 2. The molecule has 1 aromatic heterocycles. The Morgan fingerprint density at radius 3 is 2.52 bits per heavy atom. The van der Waals surface area contributed by atoms with Crippen LogP contribution in [0.2, 0.25) is 0 Å². The molecule has 21 heavy (non-hydrogen) atoms. The summed E-state index contributed by atoms with van der Waals surface area (Å²) in [6, 6.07) is 1.59. The van der Waals surface area contributed by atoms with Crippen LogP contribution < -0.4 is 10.6 Å². The monoisotopic (exact) mass is 304 g/mol. The number of hydrogen-bond donors (Lipinski definition) is 2. The molecule has 0 spiro atoms. The van der Waals surface area contributed by atoms with Crippen LogP contribution in [-0.4, -0.2) is 35.8 Å². The summed E-state index contributed by atoms with van der Waals surface area (Å²) in [7, 11) is 0. The third-order valence-electron chi connectivity index (χ3n) is 3.11. The van der Waals surface area contributed by atoms with Crippen molar-refractivity contribution in [3.05, 3.63) is 11.9 Å². The predicted molar refractivity (Wildman–Crippen MR) is 73.3 cm³/mol. The molecule has 1 aromatic rings. The zero-order valence-electron chi connectivity index (χ0n) is 11.8. The third-order valence-corrected chi connectivity index (χ3v) is 3.11. The lowest BCUT2D eigenvalue weighted by atomic mass is 10.1. The first-order chi connectivity index (χ1) is 9.99. The number of ether oxygens (including phenoxy) is 1. The summed E-state index contributed by atoms with van der Waals surface area (Å²) in [5.41, 5.74) is 0. The summed E-state index contributed by atoms with van der Waals surface area (Å²) in [5, 5.41) is 5.91. The Hall–Kier alpha value is -1.57. The molecule has 0 unspecified atom stereocenters. The smallest absolute Gasteiger partial charge is 0.381 e. The van der Waals surface area contributed by atoms with Crippen LogP contribution in [0.25, 0.3) is 0 Å². The molecule has 0 saturated carbocycles. The first-order valence-corrected chi connectivity index (χ1v) is 7.03. The molecule has 2 N–H and O–H groups in total. The Balaban J connectivity index is 2.17. The number of nitrogens with zero attached hydrogens (tertiary/aromatic N) is 2. The minimum absolute atomic E-state index is 0.0776. The molecule has 2 rings (SSSR count). The number of hydrogen-bond acceptors (Lipinski definition) is 5. The molecule has 0 radical (unpaired) electrons. The molecule has 1 aliphatic heterocycles. The van der Waals surface area contributed by atoms with Crippen molar-refractivity contribution in [1.29, 1.82) is 0 Å². The molecule has 0 aromatic carbocycles. The van der Waals surface area contributed by atoms with E-state index in [1.165, 1.54) is 6.07 Å². The van der Waals surface area contributed by atoms with Gasteiger partial charge in [-0.05, 0) is 19.3 Å². The molecule has 0 aliphatic carbocycles. The van der Waals surface area contributed by atoms with Crippen molar-refractivity contribution in [1.82, 2.24) is 9.97 Å². The van der Waals surface area contributed by atoms with Crippen LogP contribution in [0.3, 0.4) is 0 Å². The largest absolute Gasteiger partial charge is 0.451 e. The lowest BCUT2D eigenvalue weighted by molar-refractivity contribution is -0.144. The van der Waals surface area contributed by atoms with Crippen LogP contribution in [-0.2, 0) is 10.9 Å². The van der Waals surface area contributed by atoms with E-state index < -0.39 is 12.0 Å². The van der Waals surface area contributed by atoms with Crippen molar-refractivity contribution in [2.75, 3.05) is 30.4 Å². The van der Waals surface area contributed by atoms with Gasteiger partial charge in [0.15, 0.2) is 0 Å². The number of alkyl halides is 3. The van der Waals surface area contributed by atoms with E-state index in [1.807, 2.05) is 6.92 Å². The van der Waals surface area contributed by atoms with Gasteiger partial charge in [0.1, 0.15) is 11.6 Å². The van der Waals surface area contributed by atoms with E-state index in [1.54, 1.807) is 0 Å². The van der Waals surface area contributed by atoms with Gasteiger partial charge in [-0.3, -0.25) is 0 Å². The fourth-order valence-corrected chi connectivity index (χ4v) is 2.04. The van der Waals surface area contributed by atoms with Gasteiger partial charge in [-0.2, -0.15) is 13.2 Å². The van der Waals surface area contributed by atoms with Gasteiger partial charge in [-0.1, -0.05) is 6.92 Å². The number of aromatic nitrogens is 2. The Morgan fingerprint density at radius 2 is 1.90 bits per heavy atom. The standard InChI is InChI=1S/C13H19F3N4O/c1-2-5-17-10-8-11(18-9-3-6-21-7-4-9)20-12(19-10)13(14,15)16/h8-9H,2-7H2,1H3,(H2,17,18,19,20). The van der Waals surface area contributed by atoms with Gasteiger partial charge in [0.25, 0.3) is 0 Å². The molecule has 1 fully saturated rings. The van der Waals surface area contributed by atoms with E-state index in [0.29, 0.717) is 19.8 Å². The zero-order valence-corrected chi connectivity index (χ0v) is 11.8. The van der Waals surface area contributed by atoms with Crippen LogP contribution in [0.1, 0.15) is 32.0 Å². The maximum atomic E-state index is 12.8. The maximum absolute atomic E-state index is 12.8. The first kappa shape index (κ1) is 15.8. The van der Waals surface area contributed by atoms with Crippen LogP contribution >= 0.6 is 0 Å². The van der Waals surface area contributed by atoms with Crippen LogP contribution in [0, 0.1) is 0 Å². The van der Waals surface area contributed by atoms with Crippen molar-refractivity contribution < 1.29 is 17.9 Å². The molecular formula is C13H19F3N4O. The highest BCUT2D eigenvalue weighted by Crippen LogP contribution is 2.28. The van der Waals surface area contributed by atoms with Gasteiger partial charge in [0, 0.05) is 31.9 Å². The van der Waals surface area contributed by atoms with E-state index in [4.69, 9.17) is 4.74 Å². The zero-order chi connectivity index (χ0) is 15.3. The average molecular weight is 304 g/mol. The van der Waals surface area contributed by atoms with Crippen LogP contribution in [0.15, 0.2) is 6.07 Å². The minimum atomic E-state index is -4.56. The number of halogens is 3. The predicted octanol–water partition coefficient (Wildman–Crippen LogP) is 2.91. The van der Waals surface area contributed by atoms with Crippen molar-refractivity contribution in [2.45, 2.75) is 38.4 Å². The SMILES string of the molecule is CCCNc1cc(NC2CCOCC2)nc(C(F)(F)F)n1. The molecule has 1 saturated heterocycles. The van der Waals surface area contributed by atoms with Gasteiger partial charge < -0.3 is 15.4 Å². The van der Waals surface area contributed by atoms with Gasteiger partial charge in [0.05, 0.1) is 0 Å². The second-order valence-electron chi connectivity index (χ2n) is 4.92. The summed E-state index contributed by atoms with van der Waals surface area (Å²) in [6.45, 7) is 3.71. The highest BCUT2D eigenvalue weighted by Gasteiger charge is 2.35. The van der Waals surface area contributed by atoms with Crippen molar-refractivity contribution in [3.8, 4) is 0 Å². The summed E-state index contributed by atoms with van der Waals surface area (Å²) in [5.74, 6) is -0.741. The maximum Gasteiger partial charge on any atom is 0.451 e. The number of rotatable bonds is 5. The molecule has 0 bridgehead atoms. The topological polar surface area (TPSA) is 59.1 Å². The van der Waals surface area contributed by atoms with Gasteiger partial charge in [0.2, 0.25) is 5.82 Å². The minimum Gasteiger partial charge on any atom is -0.381 e. The highest BCUT2D eigenvalue weighted by atomic mass is 19.4. The quantitative estimate of drug-likeness (QED) is 0.876. The second kappa shape index (κ2) is 6.93. The molecule has 1 aliphatic rings. The average Bonchev–Trinajstić information content (AvgIpc) is 2.45. The summed E-state index contributed by atoms with van der Waals surface area (Å²) in [4.78, 5) is 7.10. The van der Waals surface area contributed by atoms with Crippen LogP contribution in [0.5, 0.6) is 0 Å². The van der Waals surface area contributed by atoms with Crippen LogP contribution in [0.4, 0.5) is 24.8 Å². The summed E-state index contributed by atoms with van der Waals surface area (Å²) in [6.07, 6.45) is -2.25. The van der Waals surface area contributed by atoms with E-state index in [9.17, 15) is 13.2 Å². The van der Waals surface area contributed by atoms with E-state index >= 15 is 0 Å². The Bertz CT molecular complexity index is 461. The molecule has 5 nitrogen and oxygen atoms in total. The molecule has 0 amide bonds. The summed E-state index contributed by atoms with van der Waals surface area (Å²) >= 11 is 0. The summed E-state index contributed by atoms with van der Waals surface area (Å²) < 4.78 is 43.8. The molecule has 8 heteroatoms. The fourth-order valence-electron chi connectivity index (χ4n) is 2.04. The van der Waals surface area contributed by atoms with Gasteiger partial charge in [-0.25, -0.2) is 9.97 Å². The molecule has 0 atom stereocenters. The number of anilines is 2. The third kappa shape index (κ3) is 4.73. The van der Waals surface area contributed by atoms with Crippen molar-refractivity contribution in [2.24, 2.45) is 0 Å². The molecular weight excluding hydrogens is 285 g/mol. The molecule has 2 heterocycles. The lowest BCUT2D eigenvalue weighted by Gasteiger charge is -2.24. The van der Waals surface area contributed by atoms with E-state index in [0.717, 1.165) is 19.3 Å². The van der Waals surface area contributed by atoms with Gasteiger partial charge >= 0.3 is 6.18 Å². The van der Waals surface area contributed by atoms with Crippen molar-refractivity contribution in [3.63, 3.8) is 0 Å². The lowest BCUT2D eigenvalue weighted by Crippen LogP contribution is -2.28.